The maximum absolute atomic E-state index is 12.9. The molecule has 0 amide bonds. The molecule has 0 aromatic heterocycles. The number of esters is 1. The molecule has 1 aliphatic rings. The maximum Gasteiger partial charge on any atom is 0.312 e. The molecule has 25 heavy (non-hydrogen) atoms. The molecule has 1 fully saturated rings. The topological polar surface area (TPSA) is 86.7 Å². The molecule has 1 atom stereocenters. The largest absolute Gasteiger partial charge is 0.481 e. The zero-order chi connectivity index (χ0) is 19.8. The van der Waals surface area contributed by atoms with E-state index in [4.69, 9.17) is 4.74 Å². The molecule has 1 heterocycles. The Balaban J connectivity index is 2.94. The van der Waals surface area contributed by atoms with Gasteiger partial charge in [0.2, 0.25) is 0 Å². The van der Waals surface area contributed by atoms with E-state index in [9.17, 15) is 19.9 Å². The van der Waals surface area contributed by atoms with Crippen molar-refractivity contribution < 1.29 is 24.6 Å². The van der Waals surface area contributed by atoms with Gasteiger partial charge in [-0.15, -0.1) is 10.3 Å². The number of aliphatic carboxylic acids is 1. The van der Waals surface area contributed by atoms with E-state index in [1.54, 1.807) is 20.8 Å². The summed E-state index contributed by atoms with van der Waals surface area (Å²) >= 11 is 0. The van der Waals surface area contributed by atoms with Crippen LogP contribution in [-0.2, 0) is 19.5 Å². The molecule has 0 bridgehead atoms. The Kier molecular flexibility index (Phi) is 6.02. The normalized spacial score (nSPS) is 23.7. The van der Waals surface area contributed by atoms with Crippen LogP contribution < -0.4 is 0 Å². The first-order valence-electron chi connectivity index (χ1n) is 8.99. The molecule has 1 rings (SSSR count). The number of carboxylic acid groups (broad SMARTS) is 1. The molecular weight excluding hydrogens is 322 g/mol. The lowest BCUT2D eigenvalue weighted by Crippen LogP contribution is -2.60. The van der Waals surface area contributed by atoms with Crippen LogP contribution in [0.4, 0.5) is 0 Å². The molecular formula is C19H34NO5. The molecule has 0 aliphatic carbocycles. The van der Waals surface area contributed by atoms with Crippen LogP contribution in [0.25, 0.3) is 0 Å². The number of piperidine rings is 1. The van der Waals surface area contributed by atoms with Crippen LogP contribution in [-0.4, -0.2) is 39.3 Å². The molecule has 0 aromatic rings. The zero-order valence-electron chi connectivity index (χ0n) is 16.9. The molecule has 6 heteroatoms. The lowest BCUT2D eigenvalue weighted by molar-refractivity contribution is -0.300. The molecule has 1 radical (unpaired) electrons. The summed E-state index contributed by atoms with van der Waals surface area (Å²) in [6.07, 6.45) is 1.29. The Morgan fingerprint density at radius 1 is 1.12 bits per heavy atom. The molecule has 1 saturated heterocycles. The van der Waals surface area contributed by atoms with Crippen molar-refractivity contribution in [2.24, 2.45) is 10.8 Å². The van der Waals surface area contributed by atoms with Crippen molar-refractivity contribution in [3.63, 3.8) is 0 Å². The molecule has 1 aliphatic heterocycles. The second-order valence-electron chi connectivity index (χ2n) is 9.63. The lowest BCUT2D eigenvalue weighted by atomic mass is 9.72. The van der Waals surface area contributed by atoms with E-state index in [0.717, 1.165) is 5.06 Å². The molecule has 145 valence electrons. The van der Waals surface area contributed by atoms with Gasteiger partial charge in [0.05, 0.1) is 10.8 Å². The molecule has 1 unspecified atom stereocenters. The Hall–Kier alpha value is -1.14. The van der Waals surface area contributed by atoms with E-state index in [1.807, 2.05) is 34.6 Å². The SMILES string of the molecule is CCC(C)(CC(C)(C)C(=O)O)C(=O)OC1CC(C)(C)N([O])C(C)(C)C1. The first-order valence-corrected chi connectivity index (χ1v) is 8.99. The van der Waals surface area contributed by atoms with Gasteiger partial charge in [-0.05, 0) is 61.3 Å². The Morgan fingerprint density at radius 3 is 1.92 bits per heavy atom. The van der Waals surface area contributed by atoms with Crippen molar-refractivity contribution in [2.75, 3.05) is 0 Å². The van der Waals surface area contributed by atoms with E-state index < -0.39 is 27.9 Å². The quantitative estimate of drug-likeness (QED) is 0.731. The van der Waals surface area contributed by atoms with Gasteiger partial charge < -0.3 is 9.84 Å². The summed E-state index contributed by atoms with van der Waals surface area (Å²) in [5.74, 6) is -1.30. The van der Waals surface area contributed by atoms with E-state index in [2.05, 4.69) is 0 Å². The summed E-state index contributed by atoms with van der Waals surface area (Å²) in [6, 6.07) is 0. The number of carbonyl (C=O) groups is 2. The van der Waals surface area contributed by atoms with Gasteiger partial charge >= 0.3 is 11.9 Å². The van der Waals surface area contributed by atoms with Gasteiger partial charge in [0.1, 0.15) is 6.10 Å². The number of carbonyl (C=O) groups excluding carboxylic acids is 1. The van der Waals surface area contributed by atoms with E-state index in [-0.39, 0.29) is 18.5 Å². The summed E-state index contributed by atoms with van der Waals surface area (Å²) in [5.41, 5.74) is -3.11. The first-order chi connectivity index (χ1) is 11.1. The summed E-state index contributed by atoms with van der Waals surface area (Å²) in [6.45, 7) is 14.3. The number of ether oxygens (including phenoxy) is 1. The van der Waals surface area contributed by atoms with Crippen molar-refractivity contribution in [3.05, 3.63) is 0 Å². The highest BCUT2D eigenvalue weighted by atomic mass is 16.5. The predicted molar refractivity (Wildman–Crippen MR) is 94.2 cm³/mol. The van der Waals surface area contributed by atoms with Crippen molar-refractivity contribution in [1.82, 2.24) is 5.06 Å². The highest BCUT2D eigenvalue weighted by molar-refractivity contribution is 5.79. The van der Waals surface area contributed by atoms with Crippen molar-refractivity contribution in [1.29, 1.82) is 0 Å². The number of carboxylic acids is 1. The predicted octanol–water partition coefficient (Wildman–Crippen LogP) is 3.81. The van der Waals surface area contributed by atoms with Crippen LogP contribution in [0, 0.1) is 10.8 Å². The van der Waals surface area contributed by atoms with Gasteiger partial charge in [0, 0.05) is 23.9 Å². The fraction of sp³-hybridized carbons (Fsp3) is 0.895. The average molecular weight is 356 g/mol. The number of hydrogen-bond acceptors (Lipinski definition) is 4. The van der Waals surface area contributed by atoms with Crippen molar-refractivity contribution in [3.8, 4) is 0 Å². The van der Waals surface area contributed by atoms with Crippen molar-refractivity contribution >= 4 is 11.9 Å². The van der Waals surface area contributed by atoms with Gasteiger partial charge in [0.25, 0.3) is 0 Å². The Morgan fingerprint density at radius 2 is 1.56 bits per heavy atom. The van der Waals surface area contributed by atoms with Gasteiger partial charge in [-0.3, -0.25) is 9.59 Å². The van der Waals surface area contributed by atoms with E-state index in [1.165, 1.54) is 0 Å². The number of rotatable bonds is 6. The third kappa shape index (κ3) is 4.73. The van der Waals surface area contributed by atoms with E-state index in [0.29, 0.717) is 19.3 Å². The highest BCUT2D eigenvalue weighted by Crippen LogP contribution is 2.41. The minimum atomic E-state index is -1.01. The van der Waals surface area contributed by atoms with Gasteiger partial charge in [-0.25, -0.2) is 0 Å². The van der Waals surface area contributed by atoms with E-state index >= 15 is 0 Å². The van der Waals surface area contributed by atoms with Crippen LogP contribution in [0.1, 0.15) is 81.1 Å². The van der Waals surface area contributed by atoms with Gasteiger partial charge in [0.15, 0.2) is 0 Å². The third-order valence-electron chi connectivity index (χ3n) is 5.51. The minimum absolute atomic E-state index is 0.206. The fourth-order valence-corrected chi connectivity index (χ4v) is 3.94. The van der Waals surface area contributed by atoms with Gasteiger partial charge in [-0.1, -0.05) is 6.92 Å². The van der Waals surface area contributed by atoms with Crippen LogP contribution in [0.5, 0.6) is 0 Å². The molecule has 6 nitrogen and oxygen atoms in total. The minimum Gasteiger partial charge on any atom is -0.481 e. The first kappa shape index (κ1) is 21.9. The Bertz CT molecular complexity index is 508. The summed E-state index contributed by atoms with van der Waals surface area (Å²) in [4.78, 5) is 24.3. The molecule has 0 saturated carbocycles. The third-order valence-corrected chi connectivity index (χ3v) is 5.51. The number of nitrogens with zero attached hydrogens (tertiary/aromatic N) is 1. The molecule has 1 N–H and O–H groups in total. The van der Waals surface area contributed by atoms with Crippen molar-refractivity contribution in [2.45, 2.75) is 98.3 Å². The number of hydrogen-bond donors (Lipinski definition) is 1. The van der Waals surface area contributed by atoms with Gasteiger partial charge in [-0.2, -0.15) is 0 Å². The molecule has 0 spiro atoms. The Labute approximate surface area is 151 Å². The fourth-order valence-electron chi connectivity index (χ4n) is 3.94. The summed E-state index contributed by atoms with van der Waals surface area (Å²) in [7, 11) is 0. The standard InChI is InChI=1S/C19H34NO5/c1-9-19(8,12-16(2,3)14(21)22)15(23)25-13-10-17(4,5)20(24)18(6,7)11-13/h13H,9-12H2,1-8H3,(H,21,22). The zero-order valence-corrected chi connectivity index (χ0v) is 16.9. The lowest BCUT2D eigenvalue weighted by Gasteiger charge is -2.49. The second kappa shape index (κ2) is 6.88. The maximum atomic E-state index is 12.9. The average Bonchev–Trinajstić information content (AvgIpc) is 2.43. The summed E-state index contributed by atoms with van der Waals surface area (Å²) < 4.78 is 5.80. The van der Waals surface area contributed by atoms with Crippen LogP contribution >= 0.6 is 0 Å². The monoisotopic (exact) mass is 356 g/mol. The number of hydroxylamine groups is 2. The molecule has 0 aromatic carbocycles. The second-order valence-corrected chi connectivity index (χ2v) is 9.63. The smallest absolute Gasteiger partial charge is 0.312 e. The highest BCUT2D eigenvalue weighted by Gasteiger charge is 2.49. The van der Waals surface area contributed by atoms with Crippen LogP contribution in [0.2, 0.25) is 0 Å². The summed E-state index contributed by atoms with van der Waals surface area (Å²) in [5, 5.41) is 22.9. The van der Waals surface area contributed by atoms with Crippen LogP contribution in [0.15, 0.2) is 0 Å². The van der Waals surface area contributed by atoms with Crippen LogP contribution in [0.3, 0.4) is 0 Å².